The van der Waals surface area contributed by atoms with Crippen molar-refractivity contribution in [2.24, 2.45) is 5.41 Å². The molecule has 0 radical (unpaired) electrons. The summed E-state index contributed by atoms with van der Waals surface area (Å²) in [7, 11) is 0. The molecule has 0 amide bonds. The number of esters is 4. The predicted octanol–water partition coefficient (Wildman–Crippen LogP) is 5.21. The topological polar surface area (TPSA) is 114 Å². The molecule has 1 saturated heterocycles. The van der Waals surface area contributed by atoms with Crippen LogP contribution in [0, 0.1) is 5.41 Å². The molecule has 0 N–H and O–H groups in total. The van der Waals surface area contributed by atoms with E-state index < -0.39 is 48.5 Å². The lowest BCUT2D eigenvalue weighted by molar-refractivity contribution is -0.272. The summed E-state index contributed by atoms with van der Waals surface area (Å²) in [5.41, 5.74) is 4.67. The first-order valence-corrected chi connectivity index (χ1v) is 13.4. The molecule has 0 spiro atoms. The molecule has 9 nitrogen and oxygen atoms in total. The number of allylic oxidation sites excluding steroid dienone is 9. The van der Waals surface area contributed by atoms with Crippen LogP contribution in [0.4, 0.5) is 0 Å². The molecule has 0 saturated carbocycles. The molecule has 0 aromatic rings. The molecule has 1 fully saturated rings. The van der Waals surface area contributed by atoms with Crippen molar-refractivity contribution in [1.29, 1.82) is 0 Å². The zero-order valence-electron chi connectivity index (χ0n) is 24.8. The van der Waals surface area contributed by atoms with E-state index in [0.717, 1.165) is 25.8 Å². The molecule has 0 aromatic carbocycles. The lowest BCUT2D eigenvalue weighted by Crippen LogP contribution is -2.58. The minimum Gasteiger partial charge on any atom is -0.456 e. The normalized spacial score (nSPS) is 25.6. The van der Waals surface area contributed by atoms with E-state index >= 15 is 0 Å². The van der Waals surface area contributed by atoms with Crippen LogP contribution in [0.5, 0.6) is 0 Å². The highest BCUT2D eigenvalue weighted by molar-refractivity contribution is 5.83. The van der Waals surface area contributed by atoms with Crippen LogP contribution in [0.25, 0.3) is 0 Å². The number of carbonyl (C=O) groups excluding carboxylic acids is 4. The molecule has 40 heavy (non-hydrogen) atoms. The molecule has 9 heteroatoms. The Hall–Kier alpha value is -3.46. The first-order valence-electron chi connectivity index (χ1n) is 13.4. The summed E-state index contributed by atoms with van der Waals surface area (Å²) in [4.78, 5) is 47.5. The third kappa shape index (κ3) is 10.3. The van der Waals surface area contributed by atoms with Crippen molar-refractivity contribution in [2.45, 2.75) is 99.3 Å². The Bertz CT molecular complexity index is 1120. The SMILES string of the molecule is CC(=O)O[C@@H]1[C@@H](OC(C)=O)[C@H](OC(=O)\C=C(C)/C=C/C=C(C)/C=C/C2=C(C)CCCC2(C)C)OC[C@H]1OC(C)=O. The van der Waals surface area contributed by atoms with Gasteiger partial charge in [-0.1, -0.05) is 55.4 Å². The standard InChI is InChI=1S/C31H42O9/c1-19(14-15-25-21(3)13-10-16-31(25,7)8)11-9-12-20(2)17-27(35)40-30-29(39-24(6)34)28(38-23(5)33)26(18-36-30)37-22(4)32/h9,11-12,14-15,17,26,28-30H,10,13,16,18H2,1-8H3/b12-9+,15-14+,19-11+,20-17-/t26-,28+,29-,30+/m1/s1. The van der Waals surface area contributed by atoms with Crippen molar-refractivity contribution in [3.8, 4) is 0 Å². The summed E-state index contributed by atoms with van der Waals surface area (Å²) in [6.45, 7) is 13.8. The molecule has 0 aromatic heterocycles. The summed E-state index contributed by atoms with van der Waals surface area (Å²) in [6, 6.07) is 0. The van der Waals surface area contributed by atoms with E-state index in [0.29, 0.717) is 5.57 Å². The van der Waals surface area contributed by atoms with Gasteiger partial charge in [0.1, 0.15) is 0 Å². The fourth-order valence-corrected chi connectivity index (χ4v) is 4.82. The molecule has 4 atom stereocenters. The van der Waals surface area contributed by atoms with E-state index in [-0.39, 0.29) is 12.0 Å². The second-order valence-electron chi connectivity index (χ2n) is 10.9. The summed E-state index contributed by atoms with van der Waals surface area (Å²) in [5, 5.41) is 0. The summed E-state index contributed by atoms with van der Waals surface area (Å²) < 4.78 is 26.6. The fourth-order valence-electron chi connectivity index (χ4n) is 4.82. The third-order valence-electron chi connectivity index (χ3n) is 6.66. The molecule has 1 aliphatic heterocycles. The highest BCUT2D eigenvalue weighted by Crippen LogP contribution is 2.40. The Labute approximate surface area is 236 Å². The average molecular weight is 559 g/mol. The first-order chi connectivity index (χ1) is 18.7. The van der Waals surface area contributed by atoms with Gasteiger partial charge in [0, 0.05) is 26.8 Å². The van der Waals surface area contributed by atoms with Crippen LogP contribution in [0.3, 0.4) is 0 Å². The second kappa shape index (κ2) is 14.8. The van der Waals surface area contributed by atoms with E-state index in [1.54, 1.807) is 13.0 Å². The van der Waals surface area contributed by atoms with Crippen molar-refractivity contribution in [2.75, 3.05) is 6.61 Å². The zero-order valence-corrected chi connectivity index (χ0v) is 24.8. The van der Waals surface area contributed by atoms with Crippen molar-refractivity contribution >= 4 is 23.9 Å². The molecule has 220 valence electrons. The second-order valence-corrected chi connectivity index (χ2v) is 10.9. The summed E-state index contributed by atoms with van der Waals surface area (Å²) >= 11 is 0. The van der Waals surface area contributed by atoms with Gasteiger partial charge in [0.2, 0.25) is 12.4 Å². The Balaban J connectivity index is 2.09. The van der Waals surface area contributed by atoms with Crippen LogP contribution in [0.15, 0.2) is 58.7 Å². The zero-order chi connectivity index (χ0) is 30.0. The van der Waals surface area contributed by atoms with Crippen LogP contribution >= 0.6 is 0 Å². The van der Waals surface area contributed by atoms with Crippen molar-refractivity contribution in [1.82, 2.24) is 0 Å². The van der Waals surface area contributed by atoms with Crippen molar-refractivity contribution in [3.05, 3.63) is 58.7 Å². The maximum atomic E-state index is 12.6. The number of rotatable bonds is 9. The molecular formula is C31H42O9. The first kappa shape index (κ1) is 32.8. The average Bonchev–Trinajstić information content (AvgIpc) is 2.81. The maximum Gasteiger partial charge on any atom is 0.333 e. The van der Waals surface area contributed by atoms with E-state index in [9.17, 15) is 19.2 Å². The van der Waals surface area contributed by atoms with Gasteiger partial charge in [-0.15, -0.1) is 0 Å². The van der Waals surface area contributed by atoms with Crippen LogP contribution in [0.1, 0.15) is 74.7 Å². The van der Waals surface area contributed by atoms with E-state index in [1.165, 1.54) is 37.0 Å². The summed E-state index contributed by atoms with van der Waals surface area (Å²) in [6.07, 6.45) is 9.67. The van der Waals surface area contributed by atoms with Gasteiger partial charge < -0.3 is 23.7 Å². The smallest absolute Gasteiger partial charge is 0.333 e. The molecular weight excluding hydrogens is 516 g/mol. The van der Waals surface area contributed by atoms with Gasteiger partial charge in [-0.2, -0.15) is 0 Å². The Morgan fingerprint density at radius 3 is 2.08 bits per heavy atom. The van der Waals surface area contributed by atoms with Gasteiger partial charge in [-0.3, -0.25) is 14.4 Å². The largest absolute Gasteiger partial charge is 0.456 e. The maximum absolute atomic E-state index is 12.6. The van der Waals surface area contributed by atoms with Crippen molar-refractivity contribution < 1.29 is 42.9 Å². The molecule has 1 aliphatic carbocycles. The number of hydrogen-bond acceptors (Lipinski definition) is 9. The third-order valence-corrected chi connectivity index (χ3v) is 6.66. The van der Waals surface area contributed by atoms with Gasteiger partial charge >= 0.3 is 23.9 Å². The van der Waals surface area contributed by atoms with Gasteiger partial charge in [0.25, 0.3) is 0 Å². The minimum absolute atomic E-state index is 0.171. The van der Waals surface area contributed by atoms with Crippen LogP contribution in [0.2, 0.25) is 0 Å². The van der Waals surface area contributed by atoms with E-state index in [2.05, 4.69) is 32.9 Å². The number of ether oxygens (including phenoxy) is 5. The van der Waals surface area contributed by atoms with Crippen LogP contribution in [-0.4, -0.2) is 55.1 Å². The lowest BCUT2D eigenvalue weighted by Gasteiger charge is -2.39. The van der Waals surface area contributed by atoms with E-state index in [4.69, 9.17) is 23.7 Å². The molecule has 0 unspecified atom stereocenters. The quantitative estimate of drug-likeness (QED) is 0.163. The number of hydrogen-bond donors (Lipinski definition) is 0. The van der Waals surface area contributed by atoms with Gasteiger partial charge in [-0.25, -0.2) is 4.79 Å². The monoisotopic (exact) mass is 558 g/mol. The van der Waals surface area contributed by atoms with Gasteiger partial charge in [0.05, 0.1) is 6.61 Å². The highest BCUT2D eigenvalue weighted by atomic mass is 16.7. The molecule has 2 aliphatic rings. The summed E-state index contributed by atoms with van der Waals surface area (Å²) in [5.74, 6) is -2.81. The predicted molar refractivity (Wildman–Crippen MR) is 149 cm³/mol. The number of carbonyl (C=O) groups is 4. The Kier molecular flexibility index (Phi) is 12.1. The minimum atomic E-state index is -1.38. The molecule has 2 rings (SSSR count). The van der Waals surface area contributed by atoms with Crippen molar-refractivity contribution in [3.63, 3.8) is 0 Å². The van der Waals surface area contributed by atoms with E-state index in [1.807, 2.05) is 19.1 Å². The highest BCUT2D eigenvalue weighted by Gasteiger charge is 2.48. The Morgan fingerprint density at radius 2 is 1.48 bits per heavy atom. The molecule has 0 bridgehead atoms. The molecule has 1 heterocycles. The lowest BCUT2D eigenvalue weighted by atomic mass is 9.72. The van der Waals surface area contributed by atoms with Crippen LogP contribution < -0.4 is 0 Å². The van der Waals surface area contributed by atoms with Gasteiger partial charge in [-0.05, 0) is 56.6 Å². The fraction of sp³-hybridized carbons (Fsp3) is 0.548. The van der Waals surface area contributed by atoms with Gasteiger partial charge in [0.15, 0.2) is 12.2 Å². The Morgan fingerprint density at radius 1 is 0.850 bits per heavy atom. The van der Waals surface area contributed by atoms with Crippen LogP contribution in [-0.2, 0) is 42.9 Å².